The topological polar surface area (TPSA) is 20.3 Å². The normalized spacial score (nSPS) is 24.9. The molecular weight excluding hydrogens is 150 g/mol. The number of carbonyl (C=O) groups excluding carboxylic acids is 1. The van der Waals surface area contributed by atoms with Gasteiger partial charge >= 0.3 is 0 Å². The molecule has 0 aromatic rings. The summed E-state index contributed by atoms with van der Waals surface area (Å²) in [5.41, 5.74) is 0. The maximum absolute atomic E-state index is 11.5. The third kappa shape index (κ3) is 2.07. The summed E-state index contributed by atoms with van der Waals surface area (Å²) in [4.78, 5) is 13.8. The highest BCUT2D eigenvalue weighted by atomic mass is 16.1. The molecule has 0 spiro atoms. The second-order valence-electron chi connectivity index (χ2n) is 3.45. The third-order valence-corrected chi connectivity index (χ3v) is 2.78. The highest BCUT2D eigenvalue weighted by Gasteiger charge is 2.25. The van der Waals surface area contributed by atoms with E-state index in [1.54, 1.807) is 0 Å². The predicted octanol–water partition coefficient (Wildman–Crippen LogP) is 1.84. The number of Topliss-reactive ketones (excluding diaryl/α,β-unsaturated/α-hetero) is 1. The Morgan fingerprint density at radius 1 is 1.33 bits per heavy atom. The van der Waals surface area contributed by atoms with Gasteiger partial charge in [0.15, 0.2) is 0 Å². The Labute approximate surface area is 74.9 Å². The van der Waals surface area contributed by atoms with E-state index in [1.807, 2.05) is 0 Å². The maximum atomic E-state index is 11.5. The maximum Gasteiger partial charge on any atom is 0.149 e. The van der Waals surface area contributed by atoms with E-state index in [2.05, 4.69) is 18.7 Å². The molecule has 1 saturated carbocycles. The average molecular weight is 169 g/mol. The van der Waals surface area contributed by atoms with Crippen molar-refractivity contribution in [3.63, 3.8) is 0 Å². The number of ketones is 1. The van der Waals surface area contributed by atoms with Gasteiger partial charge in [-0.05, 0) is 25.9 Å². The molecule has 12 heavy (non-hydrogen) atoms. The van der Waals surface area contributed by atoms with Gasteiger partial charge in [0.05, 0.1) is 6.04 Å². The van der Waals surface area contributed by atoms with E-state index in [9.17, 15) is 4.79 Å². The van der Waals surface area contributed by atoms with Crippen molar-refractivity contribution in [2.75, 3.05) is 13.1 Å². The molecule has 1 unspecified atom stereocenters. The Balaban J connectivity index is 2.51. The van der Waals surface area contributed by atoms with Gasteiger partial charge in [0.25, 0.3) is 0 Å². The first-order valence-electron chi connectivity index (χ1n) is 5.06. The molecule has 2 nitrogen and oxygen atoms in total. The molecular formula is C10H19NO. The summed E-state index contributed by atoms with van der Waals surface area (Å²) in [6.45, 7) is 6.27. The number of rotatable bonds is 3. The zero-order chi connectivity index (χ0) is 8.97. The Morgan fingerprint density at radius 2 is 2.00 bits per heavy atom. The van der Waals surface area contributed by atoms with Crippen molar-refractivity contribution in [3.05, 3.63) is 0 Å². The van der Waals surface area contributed by atoms with Crippen molar-refractivity contribution in [2.45, 2.75) is 45.6 Å². The summed E-state index contributed by atoms with van der Waals surface area (Å²) in [6, 6.07) is 0.244. The van der Waals surface area contributed by atoms with Gasteiger partial charge in [-0.2, -0.15) is 0 Å². The fraction of sp³-hybridized carbons (Fsp3) is 0.900. The molecule has 1 aliphatic rings. The van der Waals surface area contributed by atoms with Crippen molar-refractivity contribution >= 4 is 5.78 Å². The van der Waals surface area contributed by atoms with E-state index >= 15 is 0 Å². The van der Waals surface area contributed by atoms with Gasteiger partial charge in [0.2, 0.25) is 0 Å². The van der Waals surface area contributed by atoms with Gasteiger partial charge in [0.1, 0.15) is 5.78 Å². The van der Waals surface area contributed by atoms with E-state index in [0.29, 0.717) is 5.78 Å². The van der Waals surface area contributed by atoms with E-state index in [0.717, 1.165) is 32.4 Å². The summed E-state index contributed by atoms with van der Waals surface area (Å²) in [5.74, 6) is 0.463. The zero-order valence-corrected chi connectivity index (χ0v) is 8.18. The molecule has 0 aromatic carbocycles. The molecule has 1 atom stereocenters. The zero-order valence-electron chi connectivity index (χ0n) is 8.18. The lowest BCUT2D eigenvalue weighted by molar-refractivity contribution is -0.126. The van der Waals surface area contributed by atoms with Crippen LogP contribution in [0.1, 0.15) is 39.5 Å². The highest BCUT2D eigenvalue weighted by Crippen LogP contribution is 2.19. The van der Waals surface area contributed by atoms with Crippen LogP contribution in [0.15, 0.2) is 0 Å². The van der Waals surface area contributed by atoms with Crippen LogP contribution >= 0.6 is 0 Å². The van der Waals surface area contributed by atoms with Crippen molar-refractivity contribution < 1.29 is 4.79 Å². The molecule has 0 aromatic heterocycles. The minimum atomic E-state index is 0.244. The van der Waals surface area contributed by atoms with Crippen LogP contribution in [0.2, 0.25) is 0 Å². The molecule has 0 saturated heterocycles. The number of hydrogen-bond donors (Lipinski definition) is 0. The standard InChI is InChI=1S/C10H19NO/c1-3-11(4-2)9-7-5-6-8-10(9)12/h9H,3-8H2,1-2H3. The van der Waals surface area contributed by atoms with E-state index in [1.165, 1.54) is 6.42 Å². The average Bonchev–Trinajstić information content (AvgIpc) is 2.10. The van der Waals surface area contributed by atoms with Gasteiger partial charge in [-0.15, -0.1) is 0 Å². The van der Waals surface area contributed by atoms with E-state index in [4.69, 9.17) is 0 Å². The lowest BCUT2D eigenvalue weighted by Crippen LogP contribution is -2.42. The third-order valence-electron chi connectivity index (χ3n) is 2.78. The van der Waals surface area contributed by atoms with Crippen LogP contribution in [0, 0.1) is 0 Å². The fourth-order valence-corrected chi connectivity index (χ4v) is 2.02. The molecule has 0 radical (unpaired) electrons. The molecule has 0 N–H and O–H groups in total. The molecule has 70 valence electrons. The highest BCUT2D eigenvalue weighted by molar-refractivity contribution is 5.84. The molecule has 2 heteroatoms. The molecule has 1 fully saturated rings. The second-order valence-corrected chi connectivity index (χ2v) is 3.45. The molecule has 0 heterocycles. The first kappa shape index (κ1) is 9.72. The van der Waals surface area contributed by atoms with Crippen LogP contribution < -0.4 is 0 Å². The van der Waals surface area contributed by atoms with Crippen LogP contribution in [-0.4, -0.2) is 29.8 Å². The minimum absolute atomic E-state index is 0.244. The van der Waals surface area contributed by atoms with Crippen LogP contribution in [-0.2, 0) is 4.79 Å². The number of carbonyl (C=O) groups is 1. The van der Waals surface area contributed by atoms with Crippen molar-refractivity contribution in [3.8, 4) is 0 Å². The van der Waals surface area contributed by atoms with Crippen molar-refractivity contribution in [1.29, 1.82) is 0 Å². The van der Waals surface area contributed by atoms with E-state index in [-0.39, 0.29) is 6.04 Å². The quantitative estimate of drug-likeness (QED) is 0.642. The second kappa shape index (κ2) is 4.61. The number of nitrogens with zero attached hydrogens (tertiary/aromatic N) is 1. The van der Waals surface area contributed by atoms with Crippen molar-refractivity contribution in [1.82, 2.24) is 4.90 Å². The monoisotopic (exact) mass is 169 g/mol. The lowest BCUT2D eigenvalue weighted by Gasteiger charge is -2.31. The van der Waals surface area contributed by atoms with Gasteiger partial charge in [-0.3, -0.25) is 9.69 Å². The van der Waals surface area contributed by atoms with Crippen LogP contribution in [0.4, 0.5) is 0 Å². The summed E-state index contributed by atoms with van der Waals surface area (Å²) < 4.78 is 0. The Hall–Kier alpha value is -0.370. The largest absolute Gasteiger partial charge is 0.298 e. The van der Waals surface area contributed by atoms with Gasteiger partial charge < -0.3 is 0 Å². The van der Waals surface area contributed by atoms with Crippen LogP contribution in [0.3, 0.4) is 0 Å². The van der Waals surface area contributed by atoms with Crippen molar-refractivity contribution in [2.24, 2.45) is 0 Å². The van der Waals surface area contributed by atoms with Crippen LogP contribution in [0.5, 0.6) is 0 Å². The lowest BCUT2D eigenvalue weighted by atomic mass is 9.93. The molecule has 1 rings (SSSR count). The molecule has 0 amide bonds. The molecule has 1 aliphatic carbocycles. The van der Waals surface area contributed by atoms with Crippen LogP contribution in [0.25, 0.3) is 0 Å². The van der Waals surface area contributed by atoms with Gasteiger partial charge in [0, 0.05) is 6.42 Å². The Morgan fingerprint density at radius 3 is 2.50 bits per heavy atom. The first-order valence-corrected chi connectivity index (χ1v) is 5.06. The summed E-state index contributed by atoms with van der Waals surface area (Å²) >= 11 is 0. The fourth-order valence-electron chi connectivity index (χ4n) is 2.02. The summed E-state index contributed by atoms with van der Waals surface area (Å²) in [6.07, 6.45) is 4.23. The number of hydrogen-bond acceptors (Lipinski definition) is 2. The van der Waals surface area contributed by atoms with Gasteiger partial charge in [-0.25, -0.2) is 0 Å². The molecule has 0 aliphatic heterocycles. The Bertz CT molecular complexity index is 152. The summed E-state index contributed by atoms with van der Waals surface area (Å²) in [7, 11) is 0. The predicted molar refractivity (Wildman–Crippen MR) is 50.2 cm³/mol. The van der Waals surface area contributed by atoms with E-state index < -0.39 is 0 Å². The number of likely N-dealkylation sites (N-methyl/N-ethyl adjacent to an activating group) is 1. The first-order chi connectivity index (χ1) is 5.79. The Kier molecular flexibility index (Phi) is 3.73. The van der Waals surface area contributed by atoms with Gasteiger partial charge in [-0.1, -0.05) is 20.3 Å². The minimum Gasteiger partial charge on any atom is -0.298 e. The smallest absolute Gasteiger partial charge is 0.149 e. The molecule has 0 bridgehead atoms. The summed E-state index contributed by atoms with van der Waals surface area (Å²) in [5, 5.41) is 0. The SMILES string of the molecule is CCN(CC)C1CCCCC1=O.